The van der Waals surface area contributed by atoms with Crippen LogP contribution in [0.3, 0.4) is 0 Å². The molecule has 4 rings (SSSR count). The number of aromatic nitrogens is 2. The van der Waals surface area contributed by atoms with Gasteiger partial charge in [-0.1, -0.05) is 53.7 Å². The van der Waals surface area contributed by atoms with Crippen LogP contribution >= 0.6 is 0 Å². The number of rotatable bonds is 5. The molecule has 28 heavy (non-hydrogen) atoms. The van der Waals surface area contributed by atoms with Crippen LogP contribution in [0.4, 0.5) is 0 Å². The van der Waals surface area contributed by atoms with Crippen molar-refractivity contribution in [1.29, 1.82) is 0 Å². The molecule has 2 heterocycles. The highest BCUT2D eigenvalue weighted by molar-refractivity contribution is 7.89. The van der Waals surface area contributed by atoms with Gasteiger partial charge in [0.25, 0.3) is 0 Å². The molecule has 2 aromatic carbocycles. The largest absolute Gasteiger partial charge is 0.337 e. The van der Waals surface area contributed by atoms with E-state index >= 15 is 0 Å². The standard InChI is InChI=1S/C20H22N4O3S/c1-16(20-21-19(22-27-20)17-8-4-2-5-9-17)23-12-14-24(15-13-23)28(25,26)18-10-6-3-7-11-18/h2-11,16H,12-15H2,1H3/t16-/m0/s1. The molecule has 8 heteroatoms. The molecule has 0 bridgehead atoms. The van der Waals surface area contributed by atoms with Crippen molar-refractivity contribution in [3.8, 4) is 11.4 Å². The molecule has 0 N–H and O–H groups in total. The van der Waals surface area contributed by atoms with Gasteiger partial charge in [-0.3, -0.25) is 4.90 Å². The first-order valence-electron chi connectivity index (χ1n) is 9.24. The molecule has 1 saturated heterocycles. The fraction of sp³-hybridized carbons (Fsp3) is 0.300. The molecular formula is C20H22N4O3S. The van der Waals surface area contributed by atoms with Gasteiger partial charge in [-0.25, -0.2) is 8.42 Å². The Kier molecular flexibility index (Phi) is 5.25. The molecule has 146 valence electrons. The Balaban J connectivity index is 1.42. The summed E-state index contributed by atoms with van der Waals surface area (Å²) in [5.41, 5.74) is 0.906. The van der Waals surface area contributed by atoms with Crippen LogP contribution in [0.1, 0.15) is 18.9 Å². The normalized spacial score (nSPS) is 17.5. The summed E-state index contributed by atoms with van der Waals surface area (Å²) in [6, 6.07) is 18.2. The molecule has 0 spiro atoms. The summed E-state index contributed by atoms with van der Waals surface area (Å²) in [7, 11) is -3.45. The maximum Gasteiger partial charge on any atom is 0.244 e. The number of hydrogen-bond acceptors (Lipinski definition) is 6. The second-order valence-corrected chi connectivity index (χ2v) is 8.69. The summed E-state index contributed by atoms with van der Waals surface area (Å²) in [5.74, 6) is 1.10. The molecular weight excluding hydrogens is 376 g/mol. The summed E-state index contributed by atoms with van der Waals surface area (Å²) >= 11 is 0. The molecule has 0 amide bonds. The van der Waals surface area contributed by atoms with Crippen LogP contribution in [0.2, 0.25) is 0 Å². The number of benzene rings is 2. The highest BCUT2D eigenvalue weighted by Gasteiger charge is 2.31. The van der Waals surface area contributed by atoms with E-state index in [-0.39, 0.29) is 6.04 Å². The first-order chi connectivity index (χ1) is 13.6. The number of hydrogen-bond donors (Lipinski definition) is 0. The second kappa shape index (κ2) is 7.83. The average Bonchev–Trinajstić information content (AvgIpc) is 3.25. The molecule has 0 aliphatic carbocycles. The van der Waals surface area contributed by atoms with Gasteiger partial charge in [0.1, 0.15) is 0 Å². The zero-order valence-electron chi connectivity index (χ0n) is 15.6. The van der Waals surface area contributed by atoms with E-state index in [0.29, 0.717) is 42.8 Å². The minimum atomic E-state index is -3.45. The highest BCUT2D eigenvalue weighted by atomic mass is 32.2. The van der Waals surface area contributed by atoms with Gasteiger partial charge in [-0.2, -0.15) is 9.29 Å². The highest BCUT2D eigenvalue weighted by Crippen LogP contribution is 2.25. The Bertz CT molecular complexity index is 1010. The third-order valence-corrected chi connectivity index (χ3v) is 6.95. The molecule has 0 unspecified atom stereocenters. The van der Waals surface area contributed by atoms with Crippen LogP contribution in [0.25, 0.3) is 11.4 Å². The zero-order chi connectivity index (χ0) is 19.6. The fourth-order valence-corrected chi connectivity index (χ4v) is 4.78. The van der Waals surface area contributed by atoms with Gasteiger partial charge in [0.05, 0.1) is 10.9 Å². The SMILES string of the molecule is C[C@@H](c1nc(-c2ccccc2)no1)N1CCN(S(=O)(=O)c2ccccc2)CC1. The van der Waals surface area contributed by atoms with E-state index in [1.54, 1.807) is 24.3 Å². The van der Waals surface area contributed by atoms with Crippen molar-refractivity contribution < 1.29 is 12.9 Å². The monoisotopic (exact) mass is 398 g/mol. The lowest BCUT2D eigenvalue weighted by molar-refractivity contribution is 0.124. The van der Waals surface area contributed by atoms with Gasteiger partial charge in [0.15, 0.2) is 0 Å². The third kappa shape index (κ3) is 3.71. The Morgan fingerprint density at radius 2 is 1.54 bits per heavy atom. The van der Waals surface area contributed by atoms with E-state index in [1.165, 1.54) is 4.31 Å². The van der Waals surface area contributed by atoms with Gasteiger partial charge < -0.3 is 4.52 Å². The second-order valence-electron chi connectivity index (χ2n) is 6.75. The van der Waals surface area contributed by atoms with E-state index in [0.717, 1.165) is 5.56 Å². The minimum Gasteiger partial charge on any atom is -0.337 e. The number of piperazine rings is 1. The van der Waals surface area contributed by atoms with Crippen LogP contribution in [0.15, 0.2) is 70.1 Å². The Morgan fingerprint density at radius 3 is 2.18 bits per heavy atom. The minimum absolute atomic E-state index is 0.0773. The Morgan fingerprint density at radius 1 is 0.929 bits per heavy atom. The maximum absolute atomic E-state index is 12.8. The number of sulfonamides is 1. The van der Waals surface area contributed by atoms with Crippen molar-refractivity contribution >= 4 is 10.0 Å². The predicted octanol–water partition coefficient (Wildman–Crippen LogP) is 2.80. The molecule has 1 fully saturated rings. The molecule has 0 radical (unpaired) electrons. The van der Waals surface area contributed by atoms with E-state index in [9.17, 15) is 8.42 Å². The third-order valence-electron chi connectivity index (χ3n) is 5.03. The summed E-state index contributed by atoms with van der Waals surface area (Å²) in [6.45, 7) is 4.08. The lowest BCUT2D eigenvalue weighted by Gasteiger charge is -2.36. The molecule has 0 saturated carbocycles. The lowest BCUT2D eigenvalue weighted by Crippen LogP contribution is -2.49. The smallest absolute Gasteiger partial charge is 0.244 e. The summed E-state index contributed by atoms with van der Waals surface area (Å²) in [5, 5.41) is 4.08. The molecule has 1 aliphatic rings. The molecule has 1 aromatic heterocycles. The van der Waals surface area contributed by atoms with Crippen LogP contribution < -0.4 is 0 Å². The van der Waals surface area contributed by atoms with Gasteiger partial charge in [-0.05, 0) is 19.1 Å². The van der Waals surface area contributed by atoms with Crippen molar-refractivity contribution in [1.82, 2.24) is 19.3 Å². The summed E-state index contributed by atoms with van der Waals surface area (Å²) < 4.78 is 32.5. The predicted molar refractivity (Wildman–Crippen MR) is 105 cm³/mol. The average molecular weight is 398 g/mol. The van der Waals surface area contributed by atoms with E-state index in [2.05, 4.69) is 15.0 Å². The van der Waals surface area contributed by atoms with E-state index < -0.39 is 10.0 Å². The van der Waals surface area contributed by atoms with Gasteiger partial charge in [-0.15, -0.1) is 0 Å². The van der Waals surface area contributed by atoms with Crippen molar-refractivity contribution in [2.24, 2.45) is 0 Å². The first kappa shape index (κ1) is 18.8. The Hall–Kier alpha value is -2.55. The molecule has 1 aliphatic heterocycles. The van der Waals surface area contributed by atoms with Crippen molar-refractivity contribution in [2.45, 2.75) is 17.9 Å². The van der Waals surface area contributed by atoms with Gasteiger partial charge in [0.2, 0.25) is 21.7 Å². The first-order valence-corrected chi connectivity index (χ1v) is 10.7. The topological polar surface area (TPSA) is 79.5 Å². The van der Waals surface area contributed by atoms with Gasteiger partial charge >= 0.3 is 0 Å². The summed E-state index contributed by atoms with van der Waals surface area (Å²) in [6.07, 6.45) is 0. The Labute approximate surface area is 164 Å². The molecule has 1 atom stereocenters. The quantitative estimate of drug-likeness (QED) is 0.658. The van der Waals surface area contributed by atoms with Crippen molar-refractivity contribution in [3.05, 3.63) is 66.6 Å². The van der Waals surface area contributed by atoms with Crippen molar-refractivity contribution in [2.75, 3.05) is 26.2 Å². The van der Waals surface area contributed by atoms with Crippen LogP contribution in [-0.4, -0.2) is 53.9 Å². The van der Waals surface area contributed by atoms with Gasteiger partial charge in [0, 0.05) is 31.7 Å². The zero-order valence-corrected chi connectivity index (χ0v) is 16.4. The number of nitrogens with zero attached hydrogens (tertiary/aromatic N) is 4. The summed E-state index contributed by atoms with van der Waals surface area (Å²) in [4.78, 5) is 7.02. The van der Waals surface area contributed by atoms with Crippen molar-refractivity contribution in [3.63, 3.8) is 0 Å². The van der Waals surface area contributed by atoms with E-state index in [4.69, 9.17) is 4.52 Å². The van der Waals surface area contributed by atoms with E-state index in [1.807, 2.05) is 43.3 Å². The maximum atomic E-state index is 12.8. The lowest BCUT2D eigenvalue weighted by atomic mass is 10.2. The van der Waals surface area contributed by atoms with Crippen LogP contribution in [0.5, 0.6) is 0 Å². The molecule has 7 nitrogen and oxygen atoms in total. The fourth-order valence-electron chi connectivity index (χ4n) is 3.34. The van der Waals surface area contributed by atoms with Crippen LogP contribution in [-0.2, 0) is 10.0 Å². The van der Waals surface area contributed by atoms with Crippen LogP contribution in [0, 0.1) is 0 Å². The molecule has 3 aromatic rings.